The number of hydrogen-bond donors (Lipinski definition) is 2. The molecule has 1 heterocycles. The molecule has 0 spiro atoms. The number of benzene rings is 1. The predicted octanol–water partition coefficient (Wildman–Crippen LogP) is 3.78. The zero-order valence-corrected chi connectivity index (χ0v) is 14.6. The van der Waals surface area contributed by atoms with E-state index in [4.69, 9.17) is 4.52 Å². The topological polar surface area (TPSA) is 84.2 Å². The maximum absolute atomic E-state index is 12.3. The van der Waals surface area contributed by atoms with Crippen molar-refractivity contribution >= 4 is 21.5 Å². The maximum atomic E-state index is 12.3. The average Bonchev–Trinajstić information content (AvgIpc) is 2.98. The lowest BCUT2D eigenvalue weighted by Gasteiger charge is -2.22. The standard InChI is InChI=1S/C17H23N3O3S/c1-13-11-17(19-23-13)20-24(21,22)16-9-7-15(8-10-16)18-12-14-5-3-2-4-6-14/h7-11,14,18H,2-6,12H2,1H3,(H,19,20). The van der Waals surface area contributed by atoms with Gasteiger partial charge in [0.25, 0.3) is 10.0 Å². The lowest BCUT2D eigenvalue weighted by atomic mass is 9.89. The number of nitrogens with one attached hydrogen (secondary N) is 2. The Kier molecular flexibility index (Phi) is 5.08. The fraction of sp³-hybridized carbons (Fsp3) is 0.471. The van der Waals surface area contributed by atoms with Crippen molar-refractivity contribution in [1.29, 1.82) is 0 Å². The van der Waals surface area contributed by atoms with Crippen molar-refractivity contribution in [3.05, 3.63) is 36.1 Å². The van der Waals surface area contributed by atoms with Crippen molar-refractivity contribution in [3.8, 4) is 0 Å². The van der Waals surface area contributed by atoms with Crippen LogP contribution in [0.5, 0.6) is 0 Å². The Labute approximate surface area is 142 Å². The van der Waals surface area contributed by atoms with E-state index in [1.165, 1.54) is 38.2 Å². The van der Waals surface area contributed by atoms with Crippen LogP contribution in [0.3, 0.4) is 0 Å². The van der Waals surface area contributed by atoms with Gasteiger partial charge in [0.1, 0.15) is 5.76 Å². The minimum atomic E-state index is -3.65. The Balaban J connectivity index is 1.60. The zero-order chi connectivity index (χ0) is 17.0. The molecule has 1 saturated carbocycles. The summed E-state index contributed by atoms with van der Waals surface area (Å²) in [6.07, 6.45) is 6.54. The van der Waals surface area contributed by atoms with Crippen LogP contribution in [0.4, 0.5) is 11.5 Å². The molecule has 2 N–H and O–H groups in total. The minimum absolute atomic E-state index is 0.187. The molecule has 3 rings (SSSR count). The smallest absolute Gasteiger partial charge is 0.263 e. The molecule has 0 saturated heterocycles. The van der Waals surface area contributed by atoms with Gasteiger partial charge >= 0.3 is 0 Å². The molecule has 24 heavy (non-hydrogen) atoms. The molecule has 6 nitrogen and oxygen atoms in total. The lowest BCUT2D eigenvalue weighted by Crippen LogP contribution is -2.17. The summed E-state index contributed by atoms with van der Waals surface area (Å²) in [5.41, 5.74) is 0.941. The van der Waals surface area contributed by atoms with Crippen molar-refractivity contribution in [3.63, 3.8) is 0 Å². The molecule has 0 radical (unpaired) electrons. The lowest BCUT2D eigenvalue weighted by molar-refractivity contribution is 0.373. The van der Waals surface area contributed by atoms with E-state index in [1.807, 2.05) is 0 Å². The van der Waals surface area contributed by atoms with Gasteiger partial charge < -0.3 is 9.84 Å². The second-order valence-electron chi connectivity index (χ2n) is 6.34. The first-order valence-electron chi connectivity index (χ1n) is 8.33. The largest absolute Gasteiger partial charge is 0.385 e. The molecule has 1 aromatic heterocycles. The fourth-order valence-electron chi connectivity index (χ4n) is 3.02. The molecule has 1 aromatic carbocycles. The number of nitrogens with zero attached hydrogens (tertiary/aromatic N) is 1. The highest BCUT2D eigenvalue weighted by Gasteiger charge is 2.16. The van der Waals surface area contributed by atoms with Gasteiger partial charge in [-0.05, 0) is 49.9 Å². The summed E-state index contributed by atoms with van der Waals surface area (Å²) in [7, 11) is -3.65. The molecule has 0 unspecified atom stereocenters. The number of aromatic nitrogens is 1. The van der Waals surface area contributed by atoms with E-state index in [-0.39, 0.29) is 10.7 Å². The molecular formula is C17H23N3O3S. The molecule has 7 heteroatoms. The van der Waals surface area contributed by atoms with Gasteiger partial charge in [-0.15, -0.1) is 0 Å². The third kappa shape index (κ3) is 4.29. The molecule has 0 bridgehead atoms. The zero-order valence-electron chi connectivity index (χ0n) is 13.8. The van der Waals surface area contributed by atoms with Crippen molar-refractivity contribution in [2.45, 2.75) is 43.9 Å². The second kappa shape index (κ2) is 7.25. The first-order valence-corrected chi connectivity index (χ1v) is 9.81. The molecule has 1 fully saturated rings. The highest BCUT2D eigenvalue weighted by atomic mass is 32.2. The minimum Gasteiger partial charge on any atom is -0.385 e. The average molecular weight is 349 g/mol. The first-order chi connectivity index (χ1) is 11.5. The summed E-state index contributed by atoms with van der Waals surface area (Å²) in [6.45, 7) is 2.65. The van der Waals surface area contributed by atoms with Gasteiger partial charge in [0.05, 0.1) is 4.90 Å². The van der Waals surface area contributed by atoms with E-state index < -0.39 is 10.0 Å². The first kappa shape index (κ1) is 16.8. The number of anilines is 2. The number of aryl methyl sites for hydroxylation is 1. The van der Waals surface area contributed by atoms with Crippen LogP contribution in [0.1, 0.15) is 37.9 Å². The van der Waals surface area contributed by atoms with Gasteiger partial charge in [0.2, 0.25) is 0 Å². The summed E-state index contributed by atoms with van der Waals surface area (Å²) in [6, 6.07) is 8.32. The summed E-state index contributed by atoms with van der Waals surface area (Å²) in [4.78, 5) is 0.200. The highest BCUT2D eigenvalue weighted by molar-refractivity contribution is 7.92. The molecule has 0 atom stereocenters. The van der Waals surface area contributed by atoms with Crippen LogP contribution in [0, 0.1) is 12.8 Å². The SMILES string of the molecule is Cc1cc(NS(=O)(=O)c2ccc(NCC3CCCCC3)cc2)no1. The van der Waals surface area contributed by atoms with Gasteiger partial charge in [-0.3, -0.25) is 4.72 Å². The molecule has 0 amide bonds. The Morgan fingerprint density at radius 3 is 2.50 bits per heavy atom. The van der Waals surface area contributed by atoms with Gasteiger partial charge in [0.15, 0.2) is 5.82 Å². The van der Waals surface area contributed by atoms with Crippen LogP contribution >= 0.6 is 0 Å². The van der Waals surface area contributed by atoms with Gasteiger partial charge in [-0.25, -0.2) is 8.42 Å². The Hall–Kier alpha value is -2.02. The Morgan fingerprint density at radius 2 is 1.88 bits per heavy atom. The van der Waals surface area contributed by atoms with Crippen LogP contribution in [0.25, 0.3) is 0 Å². The van der Waals surface area contributed by atoms with E-state index in [2.05, 4.69) is 15.2 Å². The Bertz CT molecular complexity index is 763. The fourth-order valence-corrected chi connectivity index (χ4v) is 4.00. The van der Waals surface area contributed by atoms with Crippen molar-refractivity contribution < 1.29 is 12.9 Å². The summed E-state index contributed by atoms with van der Waals surface area (Å²) >= 11 is 0. The summed E-state index contributed by atoms with van der Waals surface area (Å²) in [5, 5.41) is 7.05. The maximum Gasteiger partial charge on any atom is 0.263 e. The van der Waals surface area contributed by atoms with E-state index in [0.717, 1.165) is 18.2 Å². The van der Waals surface area contributed by atoms with Crippen LogP contribution in [-0.4, -0.2) is 20.1 Å². The van der Waals surface area contributed by atoms with E-state index in [1.54, 1.807) is 31.2 Å². The number of hydrogen-bond acceptors (Lipinski definition) is 5. The van der Waals surface area contributed by atoms with Crippen molar-refractivity contribution in [1.82, 2.24) is 5.16 Å². The number of sulfonamides is 1. The van der Waals surface area contributed by atoms with Crippen LogP contribution in [0.15, 0.2) is 39.8 Å². The van der Waals surface area contributed by atoms with E-state index in [9.17, 15) is 8.42 Å². The number of rotatable bonds is 6. The van der Waals surface area contributed by atoms with E-state index in [0.29, 0.717) is 5.76 Å². The van der Waals surface area contributed by atoms with Crippen molar-refractivity contribution in [2.24, 2.45) is 5.92 Å². The van der Waals surface area contributed by atoms with Gasteiger partial charge in [0, 0.05) is 18.3 Å². The molecular weight excluding hydrogens is 326 g/mol. The monoisotopic (exact) mass is 349 g/mol. The van der Waals surface area contributed by atoms with Gasteiger partial charge in [-0.1, -0.05) is 24.4 Å². The molecule has 0 aliphatic heterocycles. The third-order valence-corrected chi connectivity index (χ3v) is 5.72. The van der Waals surface area contributed by atoms with Crippen molar-refractivity contribution in [2.75, 3.05) is 16.6 Å². The van der Waals surface area contributed by atoms with Crippen LogP contribution in [-0.2, 0) is 10.0 Å². The quantitative estimate of drug-likeness (QED) is 0.829. The molecule has 1 aliphatic carbocycles. The second-order valence-corrected chi connectivity index (χ2v) is 8.02. The summed E-state index contributed by atoms with van der Waals surface area (Å²) in [5.74, 6) is 1.46. The molecule has 2 aromatic rings. The third-order valence-electron chi connectivity index (χ3n) is 4.35. The predicted molar refractivity (Wildman–Crippen MR) is 93.6 cm³/mol. The molecule has 1 aliphatic rings. The normalized spacial score (nSPS) is 16.0. The van der Waals surface area contributed by atoms with E-state index >= 15 is 0 Å². The Morgan fingerprint density at radius 1 is 1.17 bits per heavy atom. The summed E-state index contributed by atoms with van der Waals surface area (Å²) < 4.78 is 31.9. The van der Waals surface area contributed by atoms with Crippen LogP contribution in [0.2, 0.25) is 0 Å². The highest BCUT2D eigenvalue weighted by Crippen LogP contribution is 2.24. The van der Waals surface area contributed by atoms with Crippen LogP contribution < -0.4 is 10.0 Å². The molecule has 130 valence electrons. The van der Waals surface area contributed by atoms with Gasteiger partial charge in [-0.2, -0.15) is 0 Å².